The van der Waals surface area contributed by atoms with Gasteiger partial charge < -0.3 is 10.0 Å². The predicted octanol–water partition coefficient (Wildman–Crippen LogP) is 0.523. The van der Waals surface area contributed by atoms with Crippen LogP contribution in [0, 0.1) is 11.8 Å². The molecule has 0 aromatic carbocycles. The second kappa shape index (κ2) is 5.71. The van der Waals surface area contributed by atoms with Gasteiger partial charge in [-0.05, 0) is 19.3 Å². The third-order valence-corrected chi connectivity index (χ3v) is 5.86. The van der Waals surface area contributed by atoms with Gasteiger partial charge in [0.25, 0.3) is 0 Å². The summed E-state index contributed by atoms with van der Waals surface area (Å²) in [5, 5.41) is 8.91. The van der Waals surface area contributed by atoms with Gasteiger partial charge >= 0.3 is 5.97 Å². The number of carboxylic acid groups (broad SMARTS) is 1. The molecule has 0 spiro atoms. The second-order valence-electron chi connectivity index (χ2n) is 5.73. The number of hydrogen-bond donors (Lipinski definition) is 1. The maximum atomic E-state index is 12.4. The number of hydrogen-bond acceptors (Lipinski definition) is 4. The molecule has 0 aromatic heterocycles. The van der Waals surface area contributed by atoms with E-state index in [4.69, 9.17) is 5.11 Å². The quantitative estimate of drug-likeness (QED) is 0.772. The van der Waals surface area contributed by atoms with Crippen molar-refractivity contribution < 1.29 is 23.1 Å². The molecule has 3 atom stereocenters. The summed E-state index contributed by atoms with van der Waals surface area (Å²) in [6.45, 7) is 2.53. The number of unbranched alkanes of at least 4 members (excludes halogenated alkanes) is 1. The molecular formula is C13H21NO5S. The van der Waals surface area contributed by atoms with Crippen LogP contribution in [-0.2, 0) is 19.4 Å². The zero-order valence-corrected chi connectivity index (χ0v) is 12.4. The van der Waals surface area contributed by atoms with Gasteiger partial charge in [-0.25, -0.2) is 8.42 Å². The van der Waals surface area contributed by atoms with Crippen molar-refractivity contribution >= 4 is 21.7 Å². The summed E-state index contributed by atoms with van der Waals surface area (Å²) in [5.41, 5.74) is 0. The first-order valence-corrected chi connectivity index (χ1v) is 8.91. The normalized spacial score (nSPS) is 30.9. The molecule has 2 aliphatic rings. The lowest BCUT2D eigenvalue weighted by molar-refractivity contribution is -0.142. The van der Waals surface area contributed by atoms with Crippen LogP contribution in [0.15, 0.2) is 0 Å². The predicted molar refractivity (Wildman–Crippen MR) is 72.9 cm³/mol. The Morgan fingerprint density at radius 2 is 2.00 bits per heavy atom. The number of aliphatic carboxylic acids is 1. The average molecular weight is 303 g/mol. The van der Waals surface area contributed by atoms with E-state index in [1.807, 2.05) is 6.92 Å². The highest BCUT2D eigenvalue weighted by atomic mass is 32.2. The molecule has 2 fully saturated rings. The van der Waals surface area contributed by atoms with E-state index in [1.54, 1.807) is 4.90 Å². The Labute approximate surface area is 119 Å². The molecule has 7 heteroatoms. The van der Waals surface area contributed by atoms with Crippen molar-refractivity contribution in [2.24, 2.45) is 11.8 Å². The molecule has 1 saturated heterocycles. The molecule has 20 heavy (non-hydrogen) atoms. The summed E-state index contributed by atoms with van der Waals surface area (Å²) in [5.74, 6) is -1.99. The molecule has 114 valence electrons. The van der Waals surface area contributed by atoms with Crippen molar-refractivity contribution in [2.75, 3.05) is 18.1 Å². The van der Waals surface area contributed by atoms with Gasteiger partial charge in [0.15, 0.2) is 9.84 Å². The van der Waals surface area contributed by atoms with Gasteiger partial charge in [0.1, 0.15) is 0 Å². The molecule has 1 saturated carbocycles. The van der Waals surface area contributed by atoms with Crippen LogP contribution in [0.2, 0.25) is 0 Å². The molecule has 1 heterocycles. The lowest BCUT2D eigenvalue weighted by Crippen LogP contribution is -2.43. The maximum absolute atomic E-state index is 12.4. The van der Waals surface area contributed by atoms with Crippen LogP contribution in [0.1, 0.15) is 32.6 Å². The van der Waals surface area contributed by atoms with Crippen LogP contribution in [0.5, 0.6) is 0 Å². The van der Waals surface area contributed by atoms with Gasteiger partial charge in [-0.2, -0.15) is 0 Å². The summed E-state index contributed by atoms with van der Waals surface area (Å²) < 4.78 is 23.1. The molecule has 1 N–H and O–H groups in total. The minimum Gasteiger partial charge on any atom is -0.481 e. The number of carboxylic acids is 1. The smallest absolute Gasteiger partial charge is 0.307 e. The second-order valence-corrected chi connectivity index (χ2v) is 7.96. The summed E-state index contributed by atoms with van der Waals surface area (Å²) in [7, 11) is -3.04. The molecule has 2 rings (SSSR count). The Kier molecular flexibility index (Phi) is 4.36. The largest absolute Gasteiger partial charge is 0.481 e. The lowest BCUT2D eigenvalue weighted by Gasteiger charge is -2.28. The first kappa shape index (κ1) is 15.3. The van der Waals surface area contributed by atoms with Crippen molar-refractivity contribution in [1.82, 2.24) is 4.90 Å². The Hall–Kier alpha value is -1.11. The molecule has 1 aliphatic heterocycles. The van der Waals surface area contributed by atoms with E-state index >= 15 is 0 Å². The minimum atomic E-state index is -3.04. The van der Waals surface area contributed by atoms with Gasteiger partial charge in [0.05, 0.1) is 23.3 Å². The fourth-order valence-corrected chi connectivity index (χ4v) is 4.51. The van der Waals surface area contributed by atoms with Crippen molar-refractivity contribution in [3.8, 4) is 0 Å². The fourth-order valence-electron chi connectivity index (χ4n) is 2.78. The third kappa shape index (κ3) is 3.31. The summed E-state index contributed by atoms with van der Waals surface area (Å²) in [4.78, 5) is 24.9. The first-order chi connectivity index (χ1) is 9.35. The zero-order valence-electron chi connectivity index (χ0n) is 11.6. The van der Waals surface area contributed by atoms with Crippen molar-refractivity contribution in [2.45, 2.75) is 38.6 Å². The fraction of sp³-hybridized carbons (Fsp3) is 0.846. The number of rotatable bonds is 6. The van der Waals surface area contributed by atoms with Crippen LogP contribution >= 0.6 is 0 Å². The zero-order chi connectivity index (χ0) is 14.9. The highest BCUT2D eigenvalue weighted by Crippen LogP contribution is 2.41. The molecule has 6 nitrogen and oxygen atoms in total. The van der Waals surface area contributed by atoms with Gasteiger partial charge in [0, 0.05) is 12.6 Å². The van der Waals surface area contributed by atoms with Gasteiger partial charge in [-0.15, -0.1) is 0 Å². The van der Waals surface area contributed by atoms with Crippen LogP contribution in [0.3, 0.4) is 0 Å². The number of sulfone groups is 1. The summed E-state index contributed by atoms with van der Waals surface area (Å²) in [6.07, 6.45) is 2.58. The van der Waals surface area contributed by atoms with E-state index in [2.05, 4.69) is 0 Å². The van der Waals surface area contributed by atoms with E-state index in [-0.39, 0.29) is 23.5 Å². The minimum absolute atomic E-state index is 0.0207. The van der Waals surface area contributed by atoms with Gasteiger partial charge in [-0.3, -0.25) is 9.59 Å². The SMILES string of the molecule is CCCCN(C(=O)[C@@H]1C[C@@H]1C(=O)O)C1CCS(=O)(=O)C1. The van der Waals surface area contributed by atoms with E-state index in [0.29, 0.717) is 19.4 Å². The van der Waals surface area contributed by atoms with E-state index in [0.717, 1.165) is 12.8 Å². The Morgan fingerprint density at radius 3 is 2.45 bits per heavy atom. The number of nitrogens with zero attached hydrogens (tertiary/aromatic N) is 1. The molecule has 1 aliphatic carbocycles. The topological polar surface area (TPSA) is 91.8 Å². The molecule has 0 bridgehead atoms. The highest BCUT2D eigenvalue weighted by Gasteiger charge is 2.51. The van der Waals surface area contributed by atoms with E-state index < -0.39 is 27.6 Å². The van der Waals surface area contributed by atoms with Crippen molar-refractivity contribution in [3.05, 3.63) is 0 Å². The summed E-state index contributed by atoms with van der Waals surface area (Å²) in [6, 6.07) is -0.269. The Morgan fingerprint density at radius 1 is 1.30 bits per heavy atom. The van der Waals surface area contributed by atoms with Crippen LogP contribution < -0.4 is 0 Å². The van der Waals surface area contributed by atoms with E-state index in [1.165, 1.54) is 0 Å². The highest BCUT2D eigenvalue weighted by molar-refractivity contribution is 7.91. The maximum Gasteiger partial charge on any atom is 0.307 e. The number of carbonyl (C=O) groups excluding carboxylic acids is 1. The molecule has 0 radical (unpaired) electrons. The molecule has 1 unspecified atom stereocenters. The van der Waals surface area contributed by atoms with Gasteiger partial charge in [0.2, 0.25) is 5.91 Å². The lowest BCUT2D eigenvalue weighted by atomic mass is 10.1. The van der Waals surface area contributed by atoms with Crippen LogP contribution in [0.4, 0.5) is 0 Å². The standard InChI is InChI=1S/C13H21NO5S/c1-2-3-5-14(9-4-6-20(18,19)8-9)12(15)10-7-11(10)13(16)17/h9-11H,2-8H2,1H3,(H,16,17)/t9?,10-,11+/m1/s1. The van der Waals surface area contributed by atoms with Gasteiger partial charge in [-0.1, -0.05) is 13.3 Å². The molecule has 0 aromatic rings. The molecular weight excluding hydrogens is 282 g/mol. The number of amides is 1. The van der Waals surface area contributed by atoms with Crippen LogP contribution in [-0.4, -0.2) is 54.4 Å². The van der Waals surface area contributed by atoms with Crippen molar-refractivity contribution in [3.63, 3.8) is 0 Å². The third-order valence-electron chi connectivity index (χ3n) is 4.11. The summed E-state index contributed by atoms with van der Waals surface area (Å²) >= 11 is 0. The van der Waals surface area contributed by atoms with Crippen LogP contribution in [0.25, 0.3) is 0 Å². The van der Waals surface area contributed by atoms with Crippen molar-refractivity contribution in [1.29, 1.82) is 0 Å². The molecule has 1 amide bonds. The first-order valence-electron chi connectivity index (χ1n) is 7.09. The monoisotopic (exact) mass is 303 g/mol. The van der Waals surface area contributed by atoms with E-state index in [9.17, 15) is 18.0 Å². The average Bonchev–Trinajstić information content (AvgIpc) is 3.09. The Bertz CT molecular complexity index is 501. The number of carbonyl (C=O) groups is 2. The Balaban J connectivity index is 2.04.